The van der Waals surface area contributed by atoms with Crippen LogP contribution in [0.15, 0.2) is 10.3 Å². The molecule has 0 spiro atoms. The highest BCUT2D eigenvalue weighted by Gasteiger charge is 2.42. The molecule has 0 bridgehead atoms. The first-order valence-corrected chi connectivity index (χ1v) is 6.87. The van der Waals surface area contributed by atoms with Gasteiger partial charge in [-0.05, 0) is 6.42 Å². The second kappa shape index (κ2) is 5.21. The van der Waals surface area contributed by atoms with Crippen LogP contribution in [0, 0.1) is 0 Å². The van der Waals surface area contributed by atoms with Gasteiger partial charge < -0.3 is 5.73 Å². The van der Waals surface area contributed by atoms with Gasteiger partial charge >= 0.3 is 6.03 Å². The molecule has 0 fully saturated rings. The second-order valence-corrected chi connectivity index (χ2v) is 5.80. The minimum Gasteiger partial charge on any atom is -0.350 e. The van der Waals surface area contributed by atoms with Crippen LogP contribution in [0.1, 0.15) is 26.2 Å². The van der Waals surface area contributed by atoms with Crippen molar-refractivity contribution in [1.82, 2.24) is 5.01 Å². The van der Waals surface area contributed by atoms with Crippen LogP contribution < -0.4 is 5.73 Å². The lowest BCUT2D eigenvalue weighted by molar-refractivity contribution is -0.125. The normalized spacial score (nSPS) is 19.9. The van der Waals surface area contributed by atoms with Gasteiger partial charge in [-0.3, -0.25) is 4.79 Å². The largest absolute Gasteiger partial charge is 0.350 e. The Hall–Kier alpha value is -1.51. The SMILES string of the molecule is CCCCCS(=O)(=O)C1N=NN(C(N)=O)C1=O. The molecule has 1 rings (SSSR count). The summed E-state index contributed by atoms with van der Waals surface area (Å²) in [6, 6.07) is -1.13. The average Bonchev–Trinajstić information content (AvgIpc) is 2.61. The first-order chi connectivity index (χ1) is 7.90. The summed E-state index contributed by atoms with van der Waals surface area (Å²) in [5.41, 5.74) is 4.83. The van der Waals surface area contributed by atoms with E-state index in [1.807, 2.05) is 6.92 Å². The number of amides is 3. The molecule has 0 aromatic carbocycles. The molecule has 0 saturated carbocycles. The molecule has 1 unspecified atom stereocenters. The summed E-state index contributed by atoms with van der Waals surface area (Å²) < 4.78 is 23.5. The molecule has 17 heavy (non-hydrogen) atoms. The van der Waals surface area contributed by atoms with Gasteiger partial charge in [0, 0.05) is 0 Å². The Bertz CT molecular complexity index is 444. The van der Waals surface area contributed by atoms with E-state index in [1.165, 1.54) is 0 Å². The number of rotatable bonds is 5. The van der Waals surface area contributed by atoms with Crippen LogP contribution in [-0.4, -0.2) is 36.5 Å². The fourth-order valence-corrected chi connectivity index (χ4v) is 2.76. The van der Waals surface area contributed by atoms with E-state index in [9.17, 15) is 18.0 Å². The molecular formula is C8H14N4O4S. The zero-order chi connectivity index (χ0) is 13.1. The van der Waals surface area contributed by atoms with Crippen molar-refractivity contribution in [2.24, 2.45) is 16.1 Å². The number of unbranched alkanes of at least 4 members (excludes halogenated alkanes) is 2. The zero-order valence-corrected chi connectivity index (χ0v) is 10.2. The molecule has 0 aromatic heterocycles. The molecule has 1 aliphatic rings. The van der Waals surface area contributed by atoms with Gasteiger partial charge in [0.1, 0.15) is 0 Å². The van der Waals surface area contributed by atoms with Gasteiger partial charge in [0.2, 0.25) is 0 Å². The zero-order valence-electron chi connectivity index (χ0n) is 9.37. The third kappa shape index (κ3) is 2.99. The van der Waals surface area contributed by atoms with Crippen LogP contribution in [0.5, 0.6) is 0 Å². The number of nitrogens with zero attached hydrogens (tertiary/aromatic N) is 3. The predicted octanol–water partition coefficient (Wildman–Crippen LogP) is 0.206. The Morgan fingerprint density at radius 2 is 2.12 bits per heavy atom. The van der Waals surface area contributed by atoms with Crippen LogP contribution >= 0.6 is 0 Å². The van der Waals surface area contributed by atoms with E-state index in [-0.39, 0.29) is 10.8 Å². The smallest absolute Gasteiger partial charge is 0.344 e. The quantitative estimate of drug-likeness (QED) is 0.711. The summed E-state index contributed by atoms with van der Waals surface area (Å²) in [4.78, 5) is 22.2. The molecule has 2 N–H and O–H groups in total. The Balaban J connectivity index is 2.72. The molecule has 1 atom stereocenters. The Labute approximate surface area is 98.8 Å². The third-order valence-corrected chi connectivity index (χ3v) is 4.08. The van der Waals surface area contributed by atoms with Gasteiger partial charge in [-0.1, -0.05) is 25.0 Å². The molecule has 1 aliphatic heterocycles. The van der Waals surface area contributed by atoms with Gasteiger partial charge in [0.25, 0.3) is 11.3 Å². The molecule has 0 saturated heterocycles. The summed E-state index contributed by atoms with van der Waals surface area (Å²) in [5, 5.41) is 5.08. The highest BCUT2D eigenvalue weighted by atomic mass is 32.2. The molecule has 0 aliphatic carbocycles. The first kappa shape index (κ1) is 13.6. The van der Waals surface area contributed by atoms with Crippen molar-refractivity contribution >= 4 is 21.8 Å². The number of carbonyl (C=O) groups excluding carboxylic acids is 2. The summed E-state index contributed by atoms with van der Waals surface area (Å²) in [5.74, 6) is -1.16. The van der Waals surface area contributed by atoms with Crippen molar-refractivity contribution < 1.29 is 18.0 Å². The van der Waals surface area contributed by atoms with Gasteiger partial charge in [-0.25, -0.2) is 13.2 Å². The van der Waals surface area contributed by atoms with Crippen molar-refractivity contribution in [2.75, 3.05) is 5.75 Å². The number of sulfone groups is 1. The maximum Gasteiger partial charge on any atom is 0.344 e. The van der Waals surface area contributed by atoms with Crippen molar-refractivity contribution in [3.05, 3.63) is 0 Å². The minimum atomic E-state index is -3.71. The number of carbonyl (C=O) groups is 2. The van der Waals surface area contributed by atoms with Crippen LogP contribution in [0.4, 0.5) is 4.79 Å². The number of nitrogens with two attached hydrogens (primary N) is 1. The fraction of sp³-hybridized carbons (Fsp3) is 0.750. The highest BCUT2D eigenvalue weighted by Crippen LogP contribution is 2.18. The van der Waals surface area contributed by atoms with Gasteiger partial charge in [0.15, 0.2) is 9.84 Å². The first-order valence-electron chi connectivity index (χ1n) is 5.16. The van der Waals surface area contributed by atoms with Crippen molar-refractivity contribution in [2.45, 2.75) is 31.6 Å². The van der Waals surface area contributed by atoms with E-state index in [4.69, 9.17) is 5.73 Å². The van der Waals surface area contributed by atoms with E-state index in [0.717, 1.165) is 12.8 Å². The summed E-state index contributed by atoms with van der Waals surface area (Å²) >= 11 is 0. The number of hydrogen-bond acceptors (Lipinski definition) is 6. The molecule has 0 radical (unpaired) electrons. The van der Waals surface area contributed by atoms with E-state index in [0.29, 0.717) is 6.42 Å². The Kier molecular flexibility index (Phi) is 4.16. The Morgan fingerprint density at radius 1 is 1.47 bits per heavy atom. The monoisotopic (exact) mass is 262 g/mol. The van der Waals surface area contributed by atoms with Gasteiger partial charge in [-0.15, -0.1) is 10.1 Å². The van der Waals surface area contributed by atoms with Crippen molar-refractivity contribution in [3.63, 3.8) is 0 Å². The highest BCUT2D eigenvalue weighted by molar-refractivity contribution is 7.92. The predicted molar refractivity (Wildman–Crippen MR) is 58.4 cm³/mol. The standard InChI is InChI=1S/C8H14N4O4S/c1-2-3-4-5-17(15,16)6-7(13)12(8(9)14)11-10-6/h6H,2-5H2,1H3,(H2,9,14). The van der Waals surface area contributed by atoms with Crippen LogP contribution in [0.25, 0.3) is 0 Å². The third-order valence-electron chi connectivity index (χ3n) is 2.25. The maximum absolute atomic E-state index is 11.7. The number of urea groups is 1. The molecule has 9 heteroatoms. The lowest BCUT2D eigenvalue weighted by Gasteiger charge is -2.08. The lowest BCUT2D eigenvalue weighted by Crippen LogP contribution is -2.40. The van der Waals surface area contributed by atoms with Crippen molar-refractivity contribution in [1.29, 1.82) is 0 Å². The van der Waals surface area contributed by atoms with E-state index >= 15 is 0 Å². The number of primary amides is 1. The molecule has 8 nitrogen and oxygen atoms in total. The lowest BCUT2D eigenvalue weighted by atomic mass is 10.3. The number of hydrogen-bond donors (Lipinski definition) is 1. The summed E-state index contributed by atoms with van der Waals surface area (Å²) in [6.45, 7) is 1.93. The minimum absolute atomic E-state index is 0.150. The van der Waals surface area contributed by atoms with Crippen molar-refractivity contribution in [3.8, 4) is 0 Å². The number of imide groups is 1. The van der Waals surface area contributed by atoms with E-state index in [2.05, 4.69) is 10.3 Å². The average molecular weight is 262 g/mol. The van der Waals surface area contributed by atoms with Crippen LogP contribution in [-0.2, 0) is 14.6 Å². The molecular weight excluding hydrogens is 248 g/mol. The Morgan fingerprint density at radius 3 is 2.59 bits per heavy atom. The van der Waals surface area contributed by atoms with Crippen LogP contribution in [0.2, 0.25) is 0 Å². The topological polar surface area (TPSA) is 122 Å². The van der Waals surface area contributed by atoms with Crippen LogP contribution in [0.3, 0.4) is 0 Å². The second-order valence-electron chi connectivity index (χ2n) is 3.62. The molecule has 1 heterocycles. The van der Waals surface area contributed by atoms with E-state index < -0.39 is 27.1 Å². The van der Waals surface area contributed by atoms with E-state index in [1.54, 1.807) is 0 Å². The van der Waals surface area contributed by atoms with Gasteiger partial charge in [0.05, 0.1) is 5.75 Å². The van der Waals surface area contributed by atoms with Gasteiger partial charge in [-0.2, -0.15) is 0 Å². The molecule has 96 valence electrons. The maximum atomic E-state index is 11.7. The molecule has 0 aromatic rings. The summed E-state index contributed by atoms with van der Waals surface area (Å²) in [6.07, 6.45) is 2.06. The molecule has 3 amide bonds. The summed E-state index contributed by atoms with van der Waals surface area (Å²) in [7, 11) is -3.71. The fourth-order valence-electron chi connectivity index (χ4n) is 1.34.